The van der Waals surface area contributed by atoms with Gasteiger partial charge in [-0.2, -0.15) is 13.5 Å². The number of likely N-dealkylation sites (N-methyl/N-ethyl adjacent to an activating group) is 1. The predicted molar refractivity (Wildman–Crippen MR) is 160 cm³/mol. The Morgan fingerprint density at radius 2 is 1.72 bits per heavy atom. The maximum Gasteiger partial charge on any atom is 0.258 e. The van der Waals surface area contributed by atoms with E-state index in [2.05, 4.69) is 10.2 Å². The minimum absolute atomic E-state index is 0. The van der Waals surface area contributed by atoms with Crippen LogP contribution in [0.3, 0.4) is 0 Å². The molecule has 3 N–H and O–H groups in total. The first-order valence-electron chi connectivity index (χ1n) is 12.6. The molecular weight excluding hydrogens is 583 g/mol. The predicted octanol–water partition coefficient (Wildman–Crippen LogP) is 3.82. The Labute approximate surface area is 251 Å². The molecule has 0 bridgehead atoms. The SMILES string of the molecule is CN(CCO)C(=O)c1c(Cl)cc(NC2CN(C3CCN(C(=O)[C@@](C)(O)c4cccc(Cl)c4)CC3)C2)cc1Cl.S. The Morgan fingerprint density at radius 1 is 1.10 bits per heavy atom. The molecule has 2 aliphatic heterocycles. The van der Waals surface area contributed by atoms with Crippen molar-refractivity contribution in [3.8, 4) is 0 Å². The quantitative estimate of drug-likeness (QED) is 0.417. The monoisotopic (exact) mass is 616 g/mol. The van der Waals surface area contributed by atoms with Crippen molar-refractivity contribution in [2.45, 2.75) is 37.5 Å². The largest absolute Gasteiger partial charge is 0.395 e. The first-order chi connectivity index (χ1) is 18.0. The van der Waals surface area contributed by atoms with Crippen LogP contribution in [0.4, 0.5) is 5.69 Å². The third-order valence-corrected chi connectivity index (χ3v) is 8.22. The molecular formula is C27H35Cl3N4O4S. The van der Waals surface area contributed by atoms with E-state index in [4.69, 9.17) is 39.9 Å². The standard InChI is InChI=1S/C27H33Cl3N4O4.H2S/c1-27(38,17-4-3-5-18(28)12-17)26(37)33-8-6-21(7-9-33)34-15-20(16-34)31-19-13-22(29)24(23(30)14-19)25(36)32(2)10-11-35;/h3-5,12-14,20-21,31,35,38H,6-11,15-16H2,1-2H3;1H2/t27-;/m0./s1. The highest BCUT2D eigenvalue weighted by molar-refractivity contribution is 7.59. The number of piperidine rings is 1. The van der Waals surface area contributed by atoms with Gasteiger partial charge < -0.3 is 25.3 Å². The second-order valence-electron chi connectivity index (χ2n) is 10.2. The molecule has 12 heteroatoms. The van der Waals surface area contributed by atoms with Crippen LogP contribution in [-0.2, 0) is 10.4 Å². The van der Waals surface area contributed by atoms with E-state index in [1.165, 1.54) is 11.8 Å². The molecule has 0 saturated carbocycles. The highest BCUT2D eigenvalue weighted by Gasteiger charge is 2.40. The summed E-state index contributed by atoms with van der Waals surface area (Å²) in [5.74, 6) is -0.645. The van der Waals surface area contributed by atoms with E-state index in [1.807, 2.05) is 0 Å². The normalized spacial score (nSPS) is 18.1. The Kier molecular flexibility index (Phi) is 10.8. The number of hydrogen-bond donors (Lipinski definition) is 3. The molecule has 39 heavy (non-hydrogen) atoms. The lowest BCUT2D eigenvalue weighted by atomic mass is 9.92. The van der Waals surface area contributed by atoms with Crippen molar-refractivity contribution in [1.82, 2.24) is 14.7 Å². The molecule has 2 saturated heterocycles. The Bertz CT molecular complexity index is 1160. The fourth-order valence-electron chi connectivity index (χ4n) is 5.10. The average Bonchev–Trinajstić information content (AvgIpc) is 2.85. The minimum atomic E-state index is -1.62. The zero-order chi connectivity index (χ0) is 27.6. The summed E-state index contributed by atoms with van der Waals surface area (Å²) >= 11 is 18.8. The van der Waals surface area contributed by atoms with E-state index >= 15 is 0 Å². The van der Waals surface area contributed by atoms with Crippen molar-refractivity contribution in [3.05, 3.63) is 62.6 Å². The van der Waals surface area contributed by atoms with Gasteiger partial charge in [0.2, 0.25) is 0 Å². The van der Waals surface area contributed by atoms with Gasteiger partial charge in [0.15, 0.2) is 5.60 Å². The highest BCUT2D eigenvalue weighted by atomic mass is 35.5. The van der Waals surface area contributed by atoms with Crippen LogP contribution in [0.2, 0.25) is 15.1 Å². The van der Waals surface area contributed by atoms with Gasteiger partial charge in [-0.05, 0) is 49.6 Å². The van der Waals surface area contributed by atoms with E-state index in [-0.39, 0.29) is 60.1 Å². The topological polar surface area (TPSA) is 96.4 Å². The van der Waals surface area contributed by atoms with Crippen LogP contribution in [-0.4, -0.2) is 95.2 Å². The summed E-state index contributed by atoms with van der Waals surface area (Å²) in [6.45, 7) is 4.42. The number of likely N-dealkylation sites (tertiary alicyclic amines) is 2. The van der Waals surface area contributed by atoms with Crippen molar-refractivity contribution in [3.63, 3.8) is 0 Å². The van der Waals surface area contributed by atoms with Gasteiger partial charge in [0, 0.05) is 56.5 Å². The van der Waals surface area contributed by atoms with Gasteiger partial charge in [0.25, 0.3) is 11.8 Å². The van der Waals surface area contributed by atoms with Gasteiger partial charge in [0.05, 0.1) is 28.3 Å². The smallest absolute Gasteiger partial charge is 0.258 e. The molecule has 2 heterocycles. The maximum absolute atomic E-state index is 13.1. The number of anilines is 1. The third-order valence-electron chi connectivity index (χ3n) is 7.39. The van der Waals surface area contributed by atoms with Gasteiger partial charge in [-0.25, -0.2) is 0 Å². The molecule has 2 fully saturated rings. The van der Waals surface area contributed by atoms with E-state index in [0.717, 1.165) is 31.6 Å². The summed E-state index contributed by atoms with van der Waals surface area (Å²) in [5.41, 5.74) is -0.167. The number of nitrogens with zero attached hydrogens (tertiary/aromatic N) is 3. The van der Waals surface area contributed by atoms with Gasteiger partial charge >= 0.3 is 0 Å². The van der Waals surface area contributed by atoms with Crippen LogP contribution in [0, 0.1) is 0 Å². The molecule has 0 aliphatic carbocycles. The van der Waals surface area contributed by atoms with Crippen molar-refractivity contribution < 1.29 is 19.8 Å². The Morgan fingerprint density at radius 3 is 2.28 bits per heavy atom. The number of amides is 2. The van der Waals surface area contributed by atoms with E-state index < -0.39 is 5.60 Å². The molecule has 2 aromatic carbocycles. The summed E-state index contributed by atoms with van der Waals surface area (Å²) in [5, 5.41) is 24.5. The lowest BCUT2D eigenvalue weighted by molar-refractivity contribution is -0.152. The molecule has 8 nitrogen and oxygen atoms in total. The number of carbonyl (C=O) groups is 2. The number of aliphatic hydroxyl groups excluding tert-OH is 1. The number of benzene rings is 2. The fraction of sp³-hybridized carbons (Fsp3) is 0.481. The van der Waals surface area contributed by atoms with Crippen molar-refractivity contribution >= 4 is 65.8 Å². The number of rotatable bonds is 8. The summed E-state index contributed by atoms with van der Waals surface area (Å²) in [6, 6.07) is 10.8. The second-order valence-corrected chi connectivity index (χ2v) is 11.4. The average molecular weight is 618 g/mol. The zero-order valence-corrected chi connectivity index (χ0v) is 25.2. The zero-order valence-electron chi connectivity index (χ0n) is 22.0. The molecule has 214 valence electrons. The van der Waals surface area contributed by atoms with Crippen LogP contribution >= 0.6 is 48.3 Å². The number of halogens is 3. The van der Waals surface area contributed by atoms with Gasteiger partial charge in [0.1, 0.15) is 0 Å². The van der Waals surface area contributed by atoms with Crippen molar-refractivity contribution in [1.29, 1.82) is 0 Å². The number of carbonyl (C=O) groups excluding carboxylic acids is 2. The summed E-state index contributed by atoms with van der Waals surface area (Å²) in [7, 11) is 1.59. The van der Waals surface area contributed by atoms with Crippen LogP contribution in [0.25, 0.3) is 0 Å². The van der Waals surface area contributed by atoms with E-state index in [0.29, 0.717) is 29.7 Å². The minimum Gasteiger partial charge on any atom is -0.395 e. The van der Waals surface area contributed by atoms with E-state index in [9.17, 15) is 14.7 Å². The first-order valence-corrected chi connectivity index (χ1v) is 13.8. The Hall–Kier alpha value is -1.72. The third kappa shape index (κ3) is 7.14. The van der Waals surface area contributed by atoms with Crippen molar-refractivity contribution in [2.75, 3.05) is 51.7 Å². The number of nitrogens with one attached hydrogen (secondary N) is 1. The molecule has 2 amide bonds. The molecule has 0 unspecified atom stereocenters. The molecule has 0 aromatic heterocycles. The lowest BCUT2D eigenvalue weighted by Gasteiger charge is -2.48. The summed E-state index contributed by atoms with van der Waals surface area (Å²) in [4.78, 5) is 31.2. The molecule has 1 atom stereocenters. The first kappa shape index (κ1) is 31.8. The van der Waals surface area contributed by atoms with Gasteiger partial charge in [-0.3, -0.25) is 14.5 Å². The van der Waals surface area contributed by atoms with Crippen LogP contribution in [0.1, 0.15) is 35.7 Å². The number of hydrogen-bond acceptors (Lipinski definition) is 6. The molecule has 0 spiro atoms. The molecule has 2 aliphatic rings. The van der Waals surface area contributed by atoms with Crippen LogP contribution < -0.4 is 5.32 Å². The molecule has 4 rings (SSSR count). The fourth-order valence-corrected chi connectivity index (χ4v) is 5.94. The Balaban J connectivity index is 0.00000420. The summed E-state index contributed by atoms with van der Waals surface area (Å²) < 4.78 is 0. The molecule has 2 aromatic rings. The van der Waals surface area contributed by atoms with Crippen molar-refractivity contribution in [2.24, 2.45) is 0 Å². The van der Waals surface area contributed by atoms with Crippen LogP contribution in [0.5, 0.6) is 0 Å². The van der Waals surface area contributed by atoms with Gasteiger partial charge in [-0.1, -0.05) is 46.9 Å². The molecule has 0 radical (unpaired) electrons. The lowest BCUT2D eigenvalue weighted by Crippen LogP contribution is -2.61. The summed E-state index contributed by atoms with van der Waals surface area (Å²) in [6.07, 6.45) is 1.67. The van der Waals surface area contributed by atoms with Crippen LogP contribution in [0.15, 0.2) is 36.4 Å². The second kappa shape index (κ2) is 13.3. The number of aliphatic hydroxyl groups is 2. The van der Waals surface area contributed by atoms with E-state index in [1.54, 1.807) is 48.3 Å². The maximum atomic E-state index is 13.1. The van der Waals surface area contributed by atoms with Gasteiger partial charge in [-0.15, -0.1) is 0 Å². The highest BCUT2D eigenvalue weighted by Crippen LogP contribution is 2.32.